The summed E-state index contributed by atoms with van der Waals surface area (Å²) in [5.41, 5.74) is 6.09. The molecule has 0 aliphatic carbocycles. The van der Waals surface area contributed by atoms with E-state index in [1.807, 2.05) is 42.5 Å². The molecule has 2 heterocycles. The summed E-state index contributed by atoms with van der Waals surface area (Å²) in [4.78, 5) is 25.9. The van der Waals surface area contributed by atoms with Gasteiger partial charge in [0.05, 0.1) is 32.0 Å². The van der Waals surface area contributed by atoms with Crippen LogP contribution in [0.4, 0.5) is 0 Å². The Hall–Kier alpha value is -3.60. The number of carbonyl (C=O) groups is 2. The zero-order valence-corrected chi connectivity index (χ0v) is 26.8. The van der Waals surface area contributed by atoms with E-state index in [1.54, 1.807) is 0 Å². The highest BCUT2D eigenvalue weighted by atomic mass is 16.7. The second kappa shape index (κ2) is 17.4. The Morgan fingerprint density at radius 1 is 0.870 bits per heavy atom. The number of rotatable bonds is 14. The molecule has 3 N–H and O–H groups in total. The van der Waals surface area contributed by atoms with Crippen molar-refractivity contribution in [2.75, 3.05) is 39.4 Å². The van der Waals surface area contributed by atoms with Crippen molar-refractivity contribution in [2.45, 2.75) is 70.7 Å². The highest BCUT2D eigenvalue weighted by Crippen LogP contribution is 2.39. The third-order valence-corrected chi connectivity index (χ3v) is 8.62. The van der Waals surface area contributed by atoms with Crippen LogP contribution in [-0.4, -0.2) is 67.3 Å². The second-order valence-electron chi connectivity index (χ2n) is 12.1. The second-order valence-corrected chi connectivity index (χ2v) is 12.1. The fourth-order valence-corrected chi connectivity index (χ4v) is 6.01. The third-order valence-electron chi connectivity index (χ3n) is 8.62. The van der Waals surface area contributed by atoms with Crippen LogP contribution in [0.5, 0.6) is 0 Å². The Balaban J connectivity index is 1.22. The predicted molar refractivity (Wildman–Crippen MR) is 177 cm³/mol. The lowest BCUT2D eigenvalue weighted by Crippen LogP contribution is -2.44. The molecule has 2 aliphatic rings. The molecule has 3 atom stereocenters. The van der Waals surface area contributed by atoms with Gasteiger partial charge in [-0.25, -0.2) is 0 Å². The fraction of sp³-hybridized carbons (Fsp3) is 0.459. The van der Waals surface area contributed by atoms with Crippen LogP contribution in [-0.2, 0) is 37.0 Å². The number of amides is 2. The van der Waals surface area contributed by atoms with Crippen LogP contribution in [0.25, 0.3) is 11.1 Å². The number of hydrogen-bond acceptors (Lipinski definition) is 7. The van der Waals surface area contributed by atoms with Gasteiger partial charge in [-0.15, -0.1) is 0 Å². The van der Waals surface area contributed by atoms with Crippen molar-refractivity contribution < 1.29 is 28.9 Å². The molecule has 3 unspecified atom stereocenters. The SMILES string of the molecule is CC(=O)NCCCCCC(=O)NCc1ccccc1-c1ccc(C2OC(CN3CCOCC3)CC(c3ccc(CO)cc3)O2)cc1. The van der Waals surface area contributed by atoms with Crippen LogP contribution in [0.15, 0.2) is 72.8 Å². The average Bonchev–Trinajstić information content (AvgIpc) is 3.09. The summed E-state index contributed by atoms with van der Waals surface area (Å²) in [5, 5.41) is 15.4. The Morgan fingerprint density at radius 2 is 1.61 bits per heavy atom. The van der Waals surface area contributed by atoms with E-state index in [-0.39, 0.29) is 30.6 Å². The maximum Gasteiger partial charge on any atom is 0.220 e. The van der Waals surface area contributed by atoms with Gasteiger partial charge in [-0.1, -0.05) is 79.2 Å². The average molecular weight is 630 g/mol. The minimum Gasteiger partial charge on any atom is -0.392 e. The Kier molecular flexibility index (Phi) is 12.7. The molecule has 0 aromatic heterocycles. The van der Waals surface area contributed by atoms with Gasteiger partial charge in [0.2, 0.25) is 11.8 Å². The largest absolute Gasteiger partial charge is 0.392 e. The van der Waals surface area contributed by atoms with Gasteiger partial charge in [0, 0.05) is 58.1 Å². The standard InChI is InChI=1S/C37H47N3O6/c1-27(42)38-18-6-2-3-9-36(43)39-24-32-7-4-5-8-34(32)29-14-16-31(17-15-29)37-45-33(25-40-19-21-44-22-20-40)23-35(46-37)30-12-10-28(26-41)11-13-30/h4-5,7-8,10-17,33,35,37,41H,2-3,6,9,18-26H2,1H3,(H,38,42)(H,39,43). The van der Waals surface area contributed by atoms with Crippen molar-refractivity contribution in [1.82, 2.24) is 15.5 Å². The number of carbonyl (C=O) groups excluding carboxylic acids is 2. The van der Waals surface area contributed by atoms with Crippen molar-refractivity contribution in [2.24, 2.45) is 0 Å². The first kappa shape index (κ1) is 33.8. The number of aliphatic hydroxyl groups excluding tert-OH is 1. The Labute approximate surface area is 272 Å². The number of benzene rings is 3. The molecule has 0 radical (unpaired) electrons. The van der Waals surface area contributed by atoms with E-state index in [1.165, 1.54) is 6.92 Å². The van der Waals surface area contributed by atoms with Gasteiger partial charge >= 0.3 is 0 Å². The summed E-state index contributed by atoms with van der Waals surface area (Å²) >= 11 is 0. The first-order valence-corrected chi connectivity index (χ1v) is 16.5. The number of aliphatic hydroxyl groups is 1. The molecule has 46 heavy (non-hydrogen) atoms. The molecule has 2 amide bonds. The number of nitrogens with zero attached hydrogens (tertiary/aromatic N) is 1. The number of unbranched alkanes of at least 4 members (excludes halogenated alkanes) is 2. The summed E-state index contributed by atoms with van der Waals surface area (Å²) in [6.07, 6.45) is 3.15. The van der Waals surface area contributed by atoms with Crippen LogP contribution in [0.3, 0.4) is 0 Å². The number of morpholine rings is 1. The summed E-state index contributed by atoms with van der Waals surface area (Å²) < 4.78 is 18.7. The van der Waals surface area contributed by atoms with Crippen LogP contribution in [0.1, 0.15) is 73.7 Å². The van der Waals surface area contributed by atoms with E-state index in [0.717, 1.165) is 91.9 Å². The molecule has 5 rings (SSSR count). The molecule has 2 aliphatic heterocycles. The fourth-order valence-electron chi connectivity index (χ4n) is 6.01. The van der Waals surface area contributed by atoms with E-state index in [4.69, 9.17) is 14.2 Å². The maximum absolute atomic E-state index is 12.5. The molecular weight excluding hydrogens is 582 g/mol. The van der Waals surface area contributed by atoms with Gasteiger partial charge < -0.3 is 30.0 Å². The van der Waals surface area contributed by atoms with E-state index < -0.39 is 6.29 Å². The van der Waals surface area contributed by atoms with Gasteiger partial charge in [0.25, 0.3) is 0 Å². The quantitative estimate of drug-likeness (QED) is 0.215. The molecule has 0 spiro atoms. The highest BCUT2D eigenvalue weighted by molar-refractivity contribution is 5.76. The monoisotopic (exact) mass is 629 g/mol. The molecule has 0 bridgehead atoms. The predicted octanol–water partition coefficient (Wildman–Crippen LogP) is 5.04. The number of nitrogens with one attached hydrogen (secondary N) is 2. The van der Waals surface area contributed by atoms with Crippen LogP contribution >= 0.6 is 0 Å². The number of ether oxygens (including phenoxy) is 3. The summed E-state index contributed by atoms with van der Waals surface area (Å²) in [5.74, 6) is 0.00786. The van der Waals surface area contributed by atoms with E-state index in [0.29, 0.717) is 19.5 Å². The van der Waals surface area contributed by atoms with Gasteiger partial charge in [0.1, 0.15) is 0 Å². The van der Waals surface area contributed by atoms with Gasteiger partial charge in [-0.2, -0.15) is 0 Å². The Bertz CT molecular complexity index is 1390. The lowest BCUT2D eigenvalue weighted by molar-refractivity contribution is -0.253. The minimum absolute atomic E-state index is 0.000547. The van der Waals surface area contributed by atoms with Crippen molar-refractivity contribution in [3.8, 4) is 11.1 Å². The molecule has 3 aromatic carbocycles. The first-order valence-electron chi connectivity index (χ1n) is 16.5. The highest BCUT2D eigenvalue weighted by Gasteiger charge is 2.33. The summed E-state index contributed by atoms with van der Waals surface area (Å²) in [7, 11) is 0. The molecule has 3 aromatic rings. The van der Waals surface area contributed by atoms with Crippen LogP contribution < -0.4 is 10.6 Å². The van der Waals surface area contributed by atoms with Gasteiger partial charge in [-0.3, -0.25) is 14.5 Å². The molecule has 9 nitrogen and oxygen atoms in total. The first-order chi connectivity index (χ1) is 22.5. The molecule has 246 valence electrons. The maximum atomic E-state index is 12.5. The molecule has 2 saturated heterocycles. The zero-order valence-electron chi connectivity index (χ0n) is 26.8. The zero-order chi connectivity index (χ0) is 32.1. The van der Waals surface area contributed by atoms with Gasteiger partial charge in [0.15, 0.2) is 6.29 Å². The van der Waals surface area contributed by atoms with Crippen molar-refractivity contribution in [3.63, 3.8) is 0 Å². The lowest BCUT2D eigenvalue weighted by atomic mass is 9.97. The summed E-state index contributed by atoms with van der Waals surface area (Å²) in [6, 6.07) is 24.4. The van der Waals surface area contributed by atoms with Crippen LogP contribution in [0.2, 0.25) is 0 Å². The van der Waals surface area contributed by atoms with Crippen molar-refractivity contribution in [1.29, 1.82) is 0 Å². The molecule has 9 heteroatoms. The molecule has 2 fully saturated rings. The summed E-state index contributed by atoms with van der Waals surface area (Å²) in [6.45, 7) is 6.74. The molecular formula is C37H47N3O6. The van der Waals surface area contributed by atoms with E-state index in [9.17, 15) is 14.7 Å². The minimum atomic E-state index is -0.510. The van der Waals surface area contributed by atoms with Crippen molar-refractivity contribution >= 4 is 11.8 Å². The van der Waals surface area contributed by atoms with Crippen molar-refractivity contribution in [3.05, 3.63) is 95.1 Å². The third kappa shape index (κ3) is 9.95. The Morgan fingerprint density at radius 3 is 2.35 bits per heavy atom. The number of hydrogen-bond donors (Lipinski definition) is 3. The van der Waals surface area contributed by atoms with Crippen LogP contribution in [0, 0.1) is 0 Å². The topological polar surface area (TPSA) is 109 Å². The smallest absolute Gasteiger partial charge is 0.220 e. The van der Waals surface area contributed by atoms with E-state index in [2.05, 4.69) is 45.9 Å². The van der Waals surface area contributed by atoms with E-state index >= 15 is 0 Å². The van der Waals surface area contributed by atoms with Gasteiger partial charge in [-0.05, 0) is 40.7 Å². The molecule has 0 saturated carbocycles. The normalized spacial score (nSPS) is 20.3. The lowest BCUT2D eigenvalue weighted by Gasteiger charge is -2.39.